The third-order valence-electron chi connectivity index (χ3n) is 1.12. The van der Waals surface area contributed by atoms with Crippen molar-refractivity contribution in [2.45, 2.75) is 6.92 Å². The van der Waals surface area contributed by atoms with Gasteiger partial charge in [0, 0.05) is 0 Å². The van der Waals surface area contributed by atoms with Crippen LogP contribution in [0.2, 0.25) is 0 Å². The Morgan fingerprint density at radius 3 is 3.17 bits per heavy atom. The molecule has 0 radical (unpaired) electrons. The second kappa shape index (κ2) is 3.71. The van der Waals surface area contributed by atoms with Crippen LogP contribution < -0.4 is 10.3 Å². The SMILES string of the molecule is C=C(C)COc1cc(=O)[nH]cn1. The first-order valence-electron chi connectivity index (χ1n) is 3.50. The van der Waals surface area contributed by atoms with Gasteiger partial charge in [-0.1, -0.05) is 6.58 Å². The molecule has 1 aromatic heterocycles. The number of aromatic amines is 1. The molecular formula is C8H10N2O2. The van der Waals surface area contributed by atoms with Crippen LogP contribution in [0.1, 0.15) is 6.92 Å². The number of ether oxygens (including phenoxy) is 1. The molecule has 1 N–H and O–H groups in total. The molecule has 0 aliphatic carbocycles. The average molecular weight is 166 g/mol. The van der Waals surface area contributed by atoms with E-state index in [0.717, 1.165) is 5.57 Å². The molecule has 0 amide bonds. The lowest BCUT2D eigenvalue weighted by atomic mass is 10.4. The number of rotatable bonds is 3. The number of H-pyrrole nitrogens is 1. The Labute approximate surface area is 69.9 Å². The summed E-state index contributed by atoms with van der Waals surface area (Å²) in [5.74, 6) is 0.321. The van der Waals surface area contributed by atoms with Crippen molar-refractivity contribution in [3.8, 4) is 5.88 Å². The van der Waals surface area contributed by atoms with Crippen LogP contribution in [0.25, 0.3) is 0 Å². The maximum atomic E-state index is 10.7. The summed E-state index contributed by atoms with van der Waals surface area (Å²) >= 11 is 0. The van der Waals surface area contributed by atoms with Crippen molar-refractivity contribution in [1.82, 2.24) is 9.97 Å². The maximum absolute atomic E-state index is 10.7. The fourth-order valence-corrected chi connectivity index (χ4v) is 0.627. The van der Waals surface area contributed by atoms with Crippen molar-refractivity contribution in [3.63, 3.8) is 0 Å². The van der Waals surface area contributed by atoms with Gasteiger partial charge in [-0.3, -0.25) is 4.79 Å². The molecule has 0 unspecified atom stereocenters. The Kier molecular flexibility index (Phi) is 2.63. The normalized spacial score (nSPS) is 9.42. The van der Waals surface area contributed by atoms with Crippen LogP contribution in [0.5, 0.6) is 5.88 Å². The van der Waals surface area contributed by atoms with Crippen LogP contribution in [-0.4, -0.2) is 16.6 Å². The summed E-state index contributed by atoms with van der Waals surface area (Å²) in [6.07, 6.45) is 1.30. The van der Waals surface area contributed by atoms with E-state index in [-0.39, 0.29) is 5.56 Å². The van der Waals surface area contributed by atoms with Crippen molar-refractivity contribution in [2.75, 3.05) is 6.61 Å². The number of hydrogen-bond acceptors (Lipinski definition) is 3. The zero-order valence-electron chi connectivity index (χ0n) is 6.83. The monoisotopic (exact) mass is 166 g/mol. The van der Waals surface area contributed by atoms with Gasteiger partial charge in [0.2, 0.25) is 5.88 Å². The Morgan fingerprint density at radius 2 is 2.58 bits per heavy atom. The van der Waals surface area contributed by atoms with Gasteiger partial charge < -0.3 is 9.72 Å². The van der Waals surface area contributed by atoms with E-state index < -0.39 is 0 Å². The van der Waals surface area contributed by atoms with Crippen molar-refractivity contribution in [1.29, 1.82) is 0 Å². The lowest BCUT2D eigenvalue weighted by Gasteiger charge is -2.02. The molecule has 1 heterocycles. The molecule has 64 valence electrons. The van der Waals surface area contributed by atoms with Gasteiger partial charge in [0.15, 0.2) is 0 Å². The van der Waals surface area contributed by atoms with E-state index in [4.69, 9.17) is 4.74 Å². The Morgan fingerprint density at radius 1 is 1.83 bits per heavy atom. The van der Waals surface area contributed by atoms with Crippen molar-refractivity contribution < 1.29 is 4.74 Å². The lowest BCUT2D eigenvalue weighted by molar-refractivity contribution is 0.337. The fourth-order valence-electron chi connectivity index (χ4n) is 0.627. The number of nitrogens with one attached hydrogen (secondary N) is 1. The summed E-state index contributed by atoms with van der Waals surface area (Å²) in [6, 6.07) is 1.29. The minimum atomic E-state index is -0.221. The Balaban J connectivity index is 2.64. The highest BCUT2D eigenvalue weighted by atomic mass is 16.5. The summed E-state index contributed by atoms with van der Waals surface area (Å²) in [4.78, 5) is 16.9. The van der Waals surface area contributed by atoms with Gasteiger partial charge in [-0.05, 0) is 12.5 Å². The van der Waals surface area contributed by atoms with Crippen LogP contribution in [0.3, 0.4) is 0 Å². The third-order valence-corrected chi connectivity index (χ3v) is 1.12. The minimum Gasteiger partial charge on any atom is -0.473 e. The van der Waals surface area contributed by atoms with Gasteiger partial charge in [-0.25, -0.2) is 4.98 Å². The van der Waals surface area contributed by atoms with E-state index in [1.54, 1.807) is 0 Å². The first-order valence-corrected chi connectivity index (χ1v) is 3.50. The van der Waals surface area contributed by atoms with Gasteiger partial charge >= 0.3 is 0 Å². The van der Waals surface area contributed by atoms with Crippen LogP contribution >= 0.6 is 0 Å². The second-order valence-corrected chi connectivity index (χ2v) is 2.50. The summed E-state index contributed by atoms with van der Waals surface area (Å²) in [5, 5.41) is 0. The first kappa shape index (κ1) is 8.52. The van der Waals surface area contributed by atoms with Gasteiger partial charge in [0.25, 0.3) is 5.56 Å². The van der Waals surface area contributed by atoms with E-state index >= 15 is 0 Å². The first-order chi connectivity index (χ1) is 5.68. The van der Waals surface area contributed by atoms with Crippen LogP contribution in [0.4, 0.5) is 0 Å². The summed E-state index contributed by atoms with van der Waals surface area (Å²) in [5.41, 5.74) is 0.666. The fraction of sp³-hybridized carbons (Fsp3) is 0.250. The van der Waals surface area contributed by atoms with Gasteiger partial charge in [-0.15, -0.1) is 0 Å². The predicted molar refractivity (Wildman–Crippen MR) is 45.2 cm³/mol. The highest BCUT2D eigenvalue weighted by molar-refractivity contribution is 5.06. The Hall–Kier alpha value is -1.58. The Bertz CT molecular complexity index is 330. The number of aromatic nitrogens is 2. The van der Waals surface area contributed by atoms with Crippen molar-refractivity contribution in [2.24, 2.45) is 0 Å². The molecule has 0 aliphatic heterocycles. The van der Waals surface area contributed by atoms with Gasteiger partial charge in [0.1, 0.15) is 6.61 Å². The average Bonchev–Trinajstić information content (AvgIpc) is 2.01. The standard InChI is InChI=1S/C8H10N2O2/c1-6(2)4-12-8-3-7(11)9-5-10-8/h3,5H,1,4H2,2H3,(H,9,10,11). The summed E-state index contributed by atoms with van der Waals surface area (Å²) in [7, 11) is 0. The molecule has 0 spiro atoms. The van der Waals surface area contributed by atoms with Crippen LogP contribution in [0, 0.1) is 0 Å². The molecule has 12 heavy (non-hydrogen) atoms. The third kappa shape index (κ3) is 2.57. The molecule has 0 aliphatic rings. The quantitative estimate of drug-likeness (QED) is 0.673. The molecular weight excluding hydrogens is 156 g/mol. The highest BCUT2D eigenvalue weighted by Gasteiger charge is 1.94. The topological polar surface area (TPSA) is 55.0 Å². The minimum absolute atomic E-state index is 0.221. The maximum Gasteiger partial charge on any atom is 0.254 e. The molecule has 0 aromatic carbocycles. The molecule has 0 atom stereocenters. The smallest absolute Gasteiger partial charge is 0.254 e. The molecule has 0 bridgehead atoms. The molecule has 0 saturated carbocycles. The van der Waals surface area contributed by atoms with E-state index in [2.05, 4.69) is 16.5 Å². The molecule has 1 rings (SSSR count). The zero-order chi connectivity index (χ0) is 8.97. The van der Waals surface area contributed by atoms with Crippen LogP contribution in [0.15, 0.2) is 29.3 Å². The number of hydrogen-bond donors (Lipinski definition) is 1. The molecule has 4 nitrogen and oxygen atoms in total. The second-order valence-electron chi connectivity index (χ2n) is 2.50. The van der Waals surface area contributed by atoms with E-state index in [1.807, 2.05) is 6.92 Å². The van der Waals surface area contributed by atoms with E-state index in [9.17, 15) is 4.79 Å². The van der Waals surface area contributed by atoms with Gasteiger partial charge in [-0.2, -0.15) is 0 Å². The number of nitrogens with zero attached hydrogens (tertiary/aromatic N) is 1. The molecule has 4 heteroatoms. The highest BCUT2D eigenvalue weighted by Crippen LogP contribution is 2.00. The van der Waals surface area contributed by atoms with Crippen LogP contribution in [-0.2, 0) is 0 Å². The molecule has 0 fully saturated rings. The largest absolute Gasteiger partial charge is 0.473 e. The van der Waals surface area contributed by atoms with Crippen molar-refractivity contribution in [3.05, 3.63) is 34.9 Å². The van der Waals surface area contributed by atoms with Crippen molar-refractivity contribution >= 4 is 0 Å². The molecule has 0 saturated heterocycles. The van der Waals surface area contributed by atoms with Gasteiger partial charge in [0.05, 0.1) is 12.4 Å². The zero-order valence-corrected chi connectivity index (χ0v) is 6.83. The summed E-state index contributed by atoms with van der Waals surface area (Å²) < 4.78 is 5.12. The molecule has 1 aromatic rings. The van der Waals surface area contributed by atoms with E-state index in [0.29, 0.717) is 12.5 Å². The van der Waals surface area contributed by atoms with E-state index in [1.165, 1.54) is 12.4 Å². The summed E-state index contributed by atoms with van der Waals surface area (Å²) in [6.45, 7) is 5.88. The lowest BCUT2D eigenvalue weighted by Crippen LogP contribution is -2.07. The predicted octanol–water partition coefficient (Wildman–Crippen LogP) is 0.725.